The molecule has 34 heavy (non-hydrogen) atoms. The number of hydrazone groups is 1. The van der Waals surface area contributed by atoms with Gasteiger partial charge in [-0.05, 0) is 60.7 Å². The summed E-state index contributed by atoms with van der Waals surface area (Å²) in [6.07, 6.45) is 5.07. The first-order valence-electron chi connectivity index (χ1n) is 10.0. The smallest absolute Gasteiger partial charge is 0.590 e. The summed E-state index contributed by atoms with van der Waals surface area (Å²) in [6, 6.07) is 26.5. The number of pyridine rings is 2. The minimum atomic E-state index is 0. The van der Waals surface area contributed by atoms with Gasteiger partial charge in [-0.3, -0.25) is 15.4 Å². The van der Waals surface area contributed by atoms with Crippen LogP contribution in [-0.2, 0) is 16.5 Å². The molecule has 0 unspecified atom stereocenters. The molecule has 2 heterocycles. The van der Waals surface area contributed by atoms with Gasteiger partial charge in [0.05, 0.1) is 30.3 Å². The number of thiocarbonyl (C=S) groups is 1. The summed E-state index contributed by atoms with van der Waals surface area (Å²) in [4.78, 5) is 8.37. The first-order valence-corrected chi connectivity index (χ1v) is 10.4. The van der Waals surface area contributed by atoms with Crippen LogP contribution >= 0.6 is 12.2 Å². The SMILES string of the molecule is COc1cccc(C=NNC(=S)Nc2ccccc2)c1[OH2+].[Ni+2].c1ccc(-c2ccccn2)nc1. The Kier molecular flexibility index (Phi) is 11.2. The van der Waals surface area contributed by atoms with Gasteiger partial charge in [0.15, 0.2) is 5.11 Å². The fourth-order valence-corrected chi connectivity index (χ4v) is 2.87. The van der Waals surface area contributed by atoms with Gasteiger partial charge in [0.2, 0.25) is 5.75 Å². The Morgan fingerprint density at radius 1 is 0.882 bits per heavy atom. The molecule has 9 heteroatoms. The van der Waals surface area contributed by atoms with Crippen LogP contribution in [0.2, 0.25) is 0 Å². The van der Waals surface area contributed by atoms with E-state index in [1.54, 1.807) is 30.6 Å². The number of hydrogen-bond acceptors (Lipinski definition) is 5. The van der Waals surface area contributed by atoms with Gasteiger partial charge in [0.1, 0.15) is 0 Å². The minimum Gasteiger partial charge on any atom is -0.590 e. The summed E-state index contributed by atoms with van der Waals surface area (Å²) in [6.45, 7) is 0. The first-order chi connectivity index (χ1) is 16.2. The number of ether oxygens (including phenoxy) is 1. The van der Waals surface area contributed by atoms with E-state index in [2.05, 4.69) is 25.8 Å². The van der Waals surface area contributed by atoms with Crippen molar-refractivity contribution in [1.82, 2.24) is 15.4 Å². The molecule has 7 nitrogen and oxygen atoms in total. The quantitative estimate of drug-likeness (QED) is 0.132. The van der Waals surface area contributed by atoms with E-state index < -0.39 is 0 Å². The Balaban J connectivity index is 0.000000266. The number of benzene rings is 2. The standard InChI is InChI=1S/C15H15N3O2S.C10H8N2.Ni/c1-20-13-9-5-6-11(14(13)19)10-16-18-15(21)17-12-7-3-2-4-8-12;1-3-7-11-9(5-1)10-6-2-4-8-12-10;/h2-10,19H,1H3,(H2,17,18,21);1-8H;/q;;+2/p+1. The van der Waals surface area contributed by atoms with Gasteiger partial charge < -0.3 is 15.2 Å². The Morgan fingerprint density at radius 3 is 2.06 bits per heavy atom. The van der Waals surface area contributed by atoms with Gasteiger partial charge in [0, 0.05) is 18.1 Å². The summed E-state index contributed by atoms with van der Waals surface area (Å²) in [7, 11) is 1.53. The Labute approximate surface area is 213 Å². The maximum atomic E-state index is 7.92. The number of methoxy groups -OCH3 is 1. The molecule has 2 aromatic heterocycles. The van der Waals surface area contributed by atoms with Crippen molar-refractivity contribution in [2.75, 3.05) is 12.4 Å². The summed E-state index contributed by atoms with van der Waals surface area (Å²) in [5, 5.41) is 15.3. The van der Waals surface area contributed by atoms with Gasteiger partial charge >= 0.3 is 22.2 Å². The van der Waals surface area contributed by atoms with Crippen LogP contribution in [0.25, 0.3) is 11.4 Å². The van der Waals surface area contributed by atoms with Gasteiger partial charge in [-0.25, -0.2) is 0 Å². The van der Waals surface area contributed by atoms with Gasteiger partial charge in [-0.1, -0.05) is 36.4 Å². The fraction of sp³-hybridized carbons (Fsp3) is 0.0400. The van der Waals surface area contributed by atoms with E-state index in [1.165, 1.54) is 13.3 Å². The zero-order valence-corrected chi connectivity index (χ0v) is 20.1. The number of para-hydroxylation sites is 2. The number of nitrogens with one attached hydrogen (secondary N) is 2. The van der Waals surface area contributed by atoms with Crippen molar-refractivity contribution in [3.63, 3.8) is 0 Å². The third kappa shape index (κ3) is 8.28. The van der Waals surface area contributed by atoms with Crippen molar-refractivity contribution < 1.29 is 26.3 Å². The van der Waals surface area contributed by atoms with Crippen molar-refractivity contribution >= 4 is 29.2 Å². The molecule has 0 saturated heterocycles. The van der Waals surface area contributed by atoms with Crippen LogP contribution in [0.15, 0.2) is 102 Å². The zero-order chi connectivity index (χ0) is 23.3. The molecule has 4 aromatic rings. The molecule has 0 amide bonds. The van der Waals surface area contributed by atoms with E-state index in [0.29, 0.717) is 16.4 Å². The van der Waals surface area contributed by atoms with E-state index in [4.69, 9.17) is 22.1 Å². The number of nitrogens with zero attached hydrogens (tertiary/aromatic N) is 3. The van der Waals surface area contributed by atoms with Gasteiger partial charge in [-0.15, -0.1) is 0 Å². The molecule has 0 saturated carbocycles. The van der Waals surface area contributed by atoms with Crippen molar-refractivity contribution in [2.24, 2.45) is 5.10 Å². The van der Waals surface area contributed by atoms with Crippen LogP contribution < -0.4 is 15.5 Å². The summed E-state index contributed by atoms with van der Waals surface area (Å²) >= 11 is 5.13. The van der Waals surface area contributed by atoms with Crippen molar-refractivity contribution in [1.29, 1.82) is 0 Å². The molecule has 4 rings (SSSR count). The molecule has 4 N–H and O–H groups in total. The van der Waals surface area contributed by atoms with E-state index in [-0.39, 0.29) is 22.2 Å². The second kappa shape index (κ2) is 14.4. The third-order valence-electron chi connectivity index (χ3n) is 4.27. The molecular formula is C25H24N5NiO2S+3. The Morgan fingerprint density at radius 2 is 1.50 bits per heavy atom. The molecule has 174 valence electrons. The van der Waals surface area contributed by atoms with Crippen LogP contribution in [0.1, 0.15) is 5.56 Å². The van der Waals surface area contributed by atoms with Crippen LogP contribution in [0.3, 0.4) is 0 Å². The Bertz CT molecular complexity index is 1140. The summed E-state index contributed by atoms with van der Waals surface area (Å²) in [5.74, 6) is 0.788. The van der Waals surface area contributed by atoms with E-state index in [1.807, 2.05) is 66.7 Å². The first kappa shape index (κ1) is 26.4. The van der Waals surface area contributed by atoms with Crippen LogP contribution in [0, 0.1) is 0 Å². The van der Waals surface area contributed by atoms with Gasteiger partial charge in [-0.2, -0.15) is 5.10 Å². The predicted octanol–water partition coefficient (Wildman–Crippen LogP) is 4.59. The molecule has 0 radical (unpaired) electrons. The normalized spacial score (nSPS) is 9.79. The number of rotatable bonds is 5. The van der Waals surface area contributed by atoms with Crippen LogP contribution in [-0.4, -0.2) is 33.5 Å². The summed E-state index contributed by atoms with van der Waals surface area (Å²) in [5.41, 5.74) is 6.06. The van der Waals surface area contributed by atoms with E-state index >= 15 is 0 Å². The molecule has 0 bridgehead atoms. The molecule has 0 aliphatic rings. The van der Waals surface area contributed by atoms with Crippen molar-refractivity contribution in [3.05, 3.63) is 103 Å². The average molecular weight is 517 g/mol. The van der Waals surface area contributed by atoms with Gasteiger partial charge in [0.25, 0.3) is 0 Å². The van der Waals surface area contributed by atoms with E-state index in [9.17, 15) is 0 Å². The molecule has 0 fully saturated rings. The molecule has 0 atom stereocenters. The molecule has 0 spiro atoms. The average Bonchev–Trinajstić information content (AvgIpc) is 2.87. The van der Waals surface area contributed by atoms with Crippen LogP contribution in [0.4, 0.5) is 5.69 Å². The minimum absolute atomic E-state index is 0. The molecule has 0 aliphatic heterocycles. The predicted molar refractivity (Wildman–Crippen MR) is 137 cm³/mol. The molecular weight excluding hydrogens is 493 g/mol. The van der Waals surface area contributed by atoms with Crippen molar-refractivity contribution in [2.45, 2.75) is 0 Å². The second-order valence-electron chi connectivity index (χ2n) is 6.54. The molecule has 2 aromatic carbocycles. The van der Waals surface area contributed by atoms with Crippen LogP contribution in [0.5, 0.6) is 11.5 Å². The largest absolute Gasteiger partial charge is 2.00 e. The number of anilines is 1. The van der Waals surface area contributed by atoms with Crippen molar-refractivity contribution in [3.8, 4) is 22.9 Å². The number of aromatic nitrogens is 2. The maximum absolute atomic E-state index is 7.92. The number of hydrogen-bond donors (Lipinski definition) is 2. The summed E-state index contributed by atoms with van der Waals surface area (Å²) < 4.78 is 5.08. The third-order valence-corrected chi connectivity index (χ3v) is 4.47. The van der Waals surface area contributed by atoms with E-state index in [0.717, 1.165) is 17.1 Å². The topological polar surface area (TPSA) is 94.3 Å². The Hall–Kier alpha value is -3.81. The fourth-order valence-electron chi connectivity index (χ4n) is 2.70. The second-order valence-corrected chi connectivity index (χ2v) is 6.95. The maximum Gasteiger partial charge on any atom is 2.00 e. The zero-order valence-electron chi connectivity index (χ0n) is 18.3. The molecule has 0 aliphatic carbocycles. The monoisotopic (exact) mass is 516 g/mol.